The molecule has 0 bridgehead atoms. The van der Waals surface area contributed by atoms with Crippen LogP contribution in [-0.2, 0) is 20.1 Å². The average Bonchev–Trinajstić information content (AvgIpc) is 2.93. The maximum atomic E-state index is 5.08. The number of nitrogens with zero attached hydrogens (tertiary/aromatic N) is 4. The van der Waals surface area contributed by atoms with Gasteiger partial charge < -0.3 is 14.7 Å². The molecule has 0 fully saturated rings. The Bertz CT molecular complexity index is 597. The van der Waals surface area contributed by atoms with E-state index < -0.39 is 0 Å². The van der Waals surface area contributed by atoms with Crippen LogP contribution in [0, 0.1) is 6.92 Å². The Hall–Kier alpha value is -1.82. The first-order valence-corrected chi connectivity index (χ1v) is 7.26. The summed E-state index contributed by atoms with van der Waals surface area (Å²) in [5.74, 6) is 2.38. The first-order valence-electron chi connectivity index (χ1n) is 7.26. The van der Waals surface area contributed by atoms with Crippen molar-refractivity contribution in [3.8, 4) is 0 Å². The fraction of sp³-hybridized carbons (Fsp3) is 0.600. The minimum absolute atomic E-state index is 0.399. The summed E-state index contributed by atoms with van der Waals surface area (Å²) in [5, 5.41) is 12.1. The van der Waals surface area contributed by atoms with Gasteiger partial charge in [-0.3, -0.25) is 4.68 Å². The van der Waals surface area contributed by atoms with Crippen molar-refractivity contribution < 1.29 is 4.52 Å². The van der Waals surface area contributed by atoms with Crippen LogP contribution in [-0.4, -0.2) is 29.0 Å². The third kappa shape index (κ3) is 3.44. The molecule has 2 heterocycles. The van der Waals surface area contributed by atoms with Crippen LogP contribution in [0.4, 0.5) is 5.82 Å². The topological polar surface area (TPSA) is 59.1 Å². The molecule has 0 aliphatic carbocycles. The number of anilines is 1. The zero-order valence-electron chi connectivity index (χ0n) is 13.8. The number of hydrogen-bond donors (Lipinski definition) is 1. The second kappa shape index (κ2) is 6.30. The highest BCUT2D eigenvalue weighted by Gasteiger charge is 2.19. The van der Waals surface area contributed by atoms with Gasteiger partial charge >= 0.3 is 0 Å². The fourth-order valence-electron chi connectivity index (χ4n) is 2.59. The van der Waals surface area contributed by atoms with Gasteiger partial charge in [-0.05, 0) is 12.8 Å². The van der Waals surface area contributed by atoms with Gasteiger partial charge in [0, 0.05) is 45.9 Å². The largest absolute Gasteiger partial charge is 0.363 e. The number of aryl methyl sites for hydroxylation is 2. The molecule has 0 saturated heterocycles. The third-order valence-corrected chi connectivity index (χ3v) is 3.40. The highest BCUT2D eigenvalue weighted by Crippen LogP contribution is 2.27. The van der Waals surface area contributed by atoms with Crippen LogP contribution in [0.2, 0.25) is 0 Å². The molecule has 2 aromatic heterocycles. The smallest absolute Gasteiger partial charge is 0.133 e. The van der Waals surface area contributed by atoms with Crippen molar-refractivity contribution in [1.82, 2.24) is 20.3 Å². The first kappa shape index (κ1) is 15.6. The molecular weight excluding hydrogens is 266 g/mol. The van der Waals surface area contributed by atoms with Crippen molar-refractivity contribution in [2.75, 3.05) is 19.0 Å². The van der Waals surface area contributed by atoms with Crippen molar-refractivity contribution in [2.45, 2.75) is 39.8 Å². The van der Waals surface area contributed by atoms with Gasteiger partial charge in [0.1, 0.15) is 11.6 Å². The van der Waals surface area contributed by atoms with E-state index in [1.807, 2.05) is 38.8 Å². The molecule has 2 aromatic rings. The summed E-state index contributed by atoms with van der Waals surface area (Å²) >= 11 is 0. The van der Waals surface area contributed by atoms with Crippen LogP contribution in [0.3, 0.4) is 0 Å². The van der Waals surface area contributed by atoms with Crippen LogP contribution in [0.1, 0.15) is 42.5 Å². The first-order chi connectivity index (χ1) is 9.90. The van der Waals surface area contributed by atoms with Gasteiger partial charge in [0.25, 0.3) is 0 Å². The van der Waals surface area contributed by atoms with E-state index in [1.165, 1.54) is 5.56 Å². The van der Waals surface area contributed by atoms with E-state index >= 15 is 0 Å². The summed E-state index contributed by atoms with van der Waals surface area (Å²) < 4.78 is 7.03. The molecule has 0 unspecified atom stereocenters. The minimum Gasteiger partial charge on any atom is -0.363 e. The zero-order valence-corrected chi connectivity index (χ0v) is 13.8. The van der Waals surface area contributed by atoms with Gasteiger partial charge in [0.15, 0.2) is 0 Å². The number of hydrogen-bond acceptors (Lipinski definition) is 5. The molecule has 0 spiro atoms. The zero-order chi connectivity index (χ0) is 15.6. The second-order valence-corrected chi connectivity index (χ2v) is 5.89. The van der Waals surface area contributed by atoms with E-state index in [0.29, 0.717) is 12.5 Å². The lowest BCUT2D eigenvalue weighted by atomic mass is 10.1. The van der Waals surface area contributed by atoms with Gasteiger partial charge in [0.2, 0.25) is 0 Å². The van der Waals surface area contributed by atoms with Gasteiger partial charge in [-0.2, -0.15) is 5.10 Å². The molecule has 1 N–H and O–H groups in total. The van der Waals surface area contributed by atoms with Crippen LogP contribution in [0.25, 0.3) is 0 Å². The quantitative estimate of drug-likeness (QED) is 0.884. The molecule has 6 heteroatoms. The Labute approximate surface area is 126 Å². The number of aromatic nitrogens is 3. The maximum absolute atomic E-state index is 5.08. The monoisotopic (exact) mass is 291 g/mol. The summed E-state index contributed by atoms with van der Waals surface area (Å²) in [7, 11) is 6.09. The molecule has 0 amide bonds. The van der Waals surface area contributed by atoms with Crippen molar-refractivity contribution >= 4 is 5.82 Å². The number of nitrogens with one attached hydrogen (secondary N) is 1. The lowest BCUT2D eigenvalue weighted by molar-refractivity contribution is 0.388. The predicted octanol–water partition coefficient (Wildman–Crippen LogP) is 2.20. The molecule has 21 heavy (non-hydrogen) atoms. The van der Waals surface area contributed by atoms with E-state index in [1.54, 1.807) is 0 Å². The van der Waals surface area contributed by atoms with E-state index in [2.05, 4.69) is 34.3 Å². The summed E-state index contributed by atoms with van der Waals surface area (Å²) in [5.41, 5.74) is 3.32. The van der Waals surface area contributed by atoms with Crippen LogP contribution >= 0.6 is 0 Å². The Balaban J connectivity index is 2.14. The van der Waals surface area contributed by atoms with E-state index in [-0.39, 0.29) is 0 Å². The van der Waals surface area contributed by atoms with Crippen LogP contribution < -0.4 is 10.2 Å². The highest BCUT2D eigenvalue weighted by molar-refractivity contribution is 5.50. The number of rotatable bonds is 6. The lowest BCUT2D eigenvalue weighted by Gasteiger charge is -2.16. The van der Waals surface area contributed by atoms with Crippen molar-refractivity contribution in [3.63, 3.8) is 0 Å². The fourth-order valence-corrected chi connectivity index (χ4v) is 2.59. The Kier molecular flexibility index (Phi) is 4.67. The minimum atomic E-state index is 0.399. The summed E-state index contributed by atoms with van der Waals surface area (Å²) in [6.45, 7) is 7.70. The molecule has 0 aliphatic heterocycles. The van der Waals surface area contributed by atoms with Gasteiger partial charge in [-0.15, -0.1) is 0 Å². The van der Waals surface area contributed by atoms with Crippen LogP contribution in [0.5, 0.6) is 0 Å². The van der Waals surface area contributed by atoms with Crippen molar-refractivity contribution in [3.05, 3.63) is 28.8 Å². The second-order valence-electron chi connectivity index (χ2n) is 5.89. The summed E-state index contributed by atoms with van der Waals surface area (Å²) in [6.07, 6.45) is 0. The summed E-state index contributed by atoms with van der Waals surface area (Å²) in [4.78, 5) is 2.11. The summed E-state index contributed by atoms with van der Waals surface area (Å²) in [6, 6.07) is 1.95. The standard InChI is InChI=1S/C15H25N5O/c1-10(2)14-13(15(19(4)5)20(6)17-14)9-16-8-12-7-11(3)21-18-12/h7,10,16H,8-9H2,1-6H3. The van der Waals surface area contributed by atoms with Gasteiger partial charge in [-0.1, -0.05) is 19.0 Å². The Morgan fingerprint density at radius 2 is 2.05 bits per heavy atom. The van der Waals surface area contributed by atoms with Crippen molar-refractivity contribution in [2.24, 2.45) is 7.05 Å². The van der Waals surface area contributed by atoms with Gasteiger partial charge in [0.05, 0.1) is 11.4 Å². The Morgan fingerprint density at radius 3 is 2.57 bits per heavy atom. The maximum Gasteiger partial charge on any atom is 0.133 e. The van der Waals surface area contributed by atoms with E-state index in [0.717, 1.165) is 29.5 Å². The molecule has 0 radical (unpaired) electrons. The molecule has 6 nitrogen and oxygen atoms in total. The highest BCUT2D eigenvalue weighted by atomic mass is 16.5. The van der Waals surface area contributed by atoms with E-state index in [9.17, 15) is 0 Å². The lowest BCUT2D eigenvalue weighted by Crippen LogP contribution is -2.19. The van der Waals surface area contributed by atoms with E-state index in [4.69, 9.17) is 4.52 Å². The SMILES string of the molecule is Cc1cc(CNCc2c(C(C)C)nn(C)c2N(C)C)no1. The molecule has 0 aromatic carbocycles. The molecule has 2 rings (SSSR count). The predicted molar refractivity (Wildman–Crippen MR) is 83.4 cm³/mol. The Morgan fingerprint density at radius 1 is 1.33 bits per heavy atom. The molecule has 0 aliphatic rings. The molecule has 0 saturated carbocycles. The molecule has 116 valence electrons. The van der Waals surface area contributed by atoms with Crippen LogP contribution in [0.15, 0.2) is 10.6 Å². The van der Waals surface area contributed by atoms with Crippen molar-refractivity contribution in [1.29, 1.82) is 0 Å². The molecular formula is C15H25N5O. The van der Waals surface area contributed by atoms with Gasteiger partial charge in [-0.25, -0.2) is 0 Å². The average molecular weight is 291 g/mol. The normalized spacial score (nSPS) is 11.4. The third-order valence-electron chi connectivity index (χ3n) is 3.40. The molecule has 0 atom stereocenters.